The second-order valence-electron chi connectivity index (χ2n) is 4.65. The first kappa shape index (κ1) is 12.6. The van der Waals surface area contributed by atoms with Crippen molar-refractivity contribution in [3.63, 3.8) is 0 Å². The third-order valence-electron chi connectivity index (χ3n) is 3.06. The quantitative estimate of drug-likeness (QED) is 0.810. The number of nitrogens with zero attached hydrogens (tertiary/aromatic N) is 1. The van der Waals surface area contributed by atoms with Crippen LogP contribution in [-0.2, 0) is 9.59 Å². The number of hydrogen-bond acceptors (Lipinski definition) is 3. The minimum atomic E-state index is 0.0280. The number of unbranched alkanes of at least 4 members (excludes halogenated alkanes) is 1. The van der Waals surface area contributed by atoms with Crippen LogP contribution in [0, 0.1) is 0 Å². The van der Waals surface area contributed by atoms with E-state index in [1.54, 1.807) is 6.92 Å². The third-order valence-corrected chi connectivity index (χ3v) is 3.06. The molecular weight excluding hydrogens is 228 g/mol. The maximum absolute atomic E-state index is 11.6. The highest BCUT2D eigenvalue weighted by molar-refractivity contribution is 6.01. The van der Waals surface area contributed by atoms with Crippen molar-refractivity contribution in [2.24, 2.45) is 0 Å². The topological polar surface area (TPSA) is 49.4 Å². The van der Waals surface area contributed by atoms with Gasteiger partial charge in [-0.25, -0.2) is 0 Å². The van der Waals surface area contributed by atoms with Gasteiger partial charge in [-0.2, -0.15) is 0 Å². The van der Waals surface area contributed by atoms with E-state index in [0.29, 0.717) is 13.0 Å². The first-order valence-electron chi connectivity index (χ1n) is 6.30. The fraction of sp³-hybridized carbons (Fsp3) is 0.429. The van der Waals surface area contributed by atoms with Gasteiger partial charge in [0, 0.05) is 13.0 Å². The summed E-state index contributed by atoms with van der Waals surface area (Å²) in [5.74, 6) is 0.257. The lowest BCUT2D eigenvalue weighted by Gasteiger charge is -2.30. The van der Waals surface area contributed by atoms with Crippen LogP contribution in [0.3, 0.4) is 0 Å². The number of para-hydroxylation sites is 2. The zero-order valence-electron chi connectivity index (χ0n) is 10.6. The van der Waals surface area contributed by atoms with Gasteiger partial charge in [0.15, 0.2) is 0 Å². The van der Waals surface area contributed by atoms with Crippen molar-refractivity contribution < 1.29 is 9.59 Å². The number of anilines is 2. The van der Waals surface area contributed by atoms with Gasteiger partial charge < -0.3 is 15.0 Å². The van der Waals surface area contributed by atoms with Crippen molar-refractivity contribution in [1.82, 2.24) is 0 Å². The highest BCUT2D eigenvalue weighted by Gasteiger charge is 2.20. The average Bonchev–Trinajstić information content (AvgIpc) is 2.34. The summed E-state index contributed by atoms with van der Waals surface area (Å²) in [7, 11) is 0. The first-order valence-corrected chi connectivity index (χ1v) is 6.30. The normalized spacial score (nSPS) is 14.1. The molecule has 1 aliphatic rings. The summed E-state index contributed by atoms with van der Waals surface area (Å²) in [4.78, 5) is 24.5. The monoisotopic (exact) mass is 246 g/mol. The highest BCUT2D eigenvalue weighted by Crippen LogP contribution is 2.28. The maximum Gasteiger partial charge on any atom is 0.243 e. The van der Waals surface area contributed by atoms with Crippen LogP contribution in [0.5, 0.6) is 0 Å². The fourth-order valence-corrected chi connectivity index (χ4v) is 2.18. The molecule has 1 amide bonds. The molecule has 1 heterocycles. The number of rotatable bonds is 5. The number of ketones is 1. The molecule has 1 N–H and O–H groups in total. The van der Waals surface area contributed by atoms with E-state index in [1.165, 1.54) is 0 Å². The van der Waals surface area contributed by atoms with E-state index in [-0.39, 0.29) is 11.7 Å². The SMILES string of the molecule is CC(=O)CCCCN1CC(=O)Nc2ccccc21. The molecule has 1 aromatic rings. The van der Waals surface area contributed by atoms with Gasteiger partial charge in [0.25, 0.3) is 0 Å². The Bertz CT molecular complexity index is 457. The molecule has 0 bridgehead atoms. The van der Waals surface area contributed by atoms with Crippen LogP contribution in [-0.4, -0.2) is 24.8 Å². The molecule has 0 saturated carbocycles. The molecule has 18 heavy (non-hydrogen) atoms. The van der Waals surface area contributed by atoms with Gasteiger partial charge in [0.05, 0.1) is 17.9 Å². The van der Waals surface area contributed by atoms with Crippen molar-refractivity contribution in [2.75, 3.05) is 23.3 Å². The van der Waals surface area contributed by atoms with Crippen molar-refractivity contribution in [3.05, 3.63) is 24.3 Å². The van der Waals surface area contributed by atoms with Crippen molar-refractivity contribution in [3.8, 4) is 0 Å². The molecular formula is C14H18N2O2. The number of fused-ring (bicyclic) bond motifs is 1. The molecule has 1 aromatic carbocycles. The Morgan fingerprint density at radius 2 is 2.11 bits per heavy atom. The number of Topliss-reactive ketones (excluding diaryl/α,β-unsaturated/α-hetero) is 1. The second kappa shape index (κ2) is 5.67. The lowest BCUT2D eigenvalue weighted by Crippen LogP contribution is -2.38. The van der Waals surface area contributed by atoms with Crippen LogP contribution in [0.4, 0.5) is 11.4 Å². The Balaban J connectivity index is 1.96. The number of benzene rings is 1. The molecule has 96 valence electrons. The minimum absolute atomic E-state index is 0.0280. The molecule has 0 fully saturated rings. The van der Waals surface area contributed by atoms with Crippen LogP contribution in [0.2, 0.25) is 0 Å². The van der Waals surface area contributed by atoms with E-state index in [1.807, 2.05) is 24.3 Å². The van der Waals surface area contributed by atoms with Crippen LogP contribution in [0.1, 0.15) is 26.2 Å². The van der Waals surface area contributed by atoms with E-state index in [4.69, 9.17) is 0 Å². The van der Waals surface area contributed by atoms with E-state index < -0.39 is 0 Å². The van der Waals surface area contributed by atoms with Gasteiger partial charge >= 0.3 is 0 Å². The molecule has 0 spiro atoms. The lowest BCUT2D eigenvalue weighted by molar-refractivity contribution is -0.117. The Labute approximate surface area is 107 Å². The van der Waals surface area contributed by atoms with Crippen molar-refractivity contribution in [1.29, 1.82) is 0 Å². The zero-order valence-corrected chi connectivity index (χ0v) is 10.6. The van der Waals surface area contributed by atoms with E-state index >= 15 is 0 Å². The van der Waals surface area contributed by atoms with Gasteiger partial charge in [-0.15, -0.1) is 0 Å². The standard InChI is InChI=1S/C14H18N2O2/c1-11(17)6-4-5-9-16-10-14(18)15-12-7-2-3-8-13(12)16/h2-3,7-8H,4-6,9-10H2,1H3,(H,15,18). The summed E-state index contributed by atoms with van der Waals surface area (Å²) in [5.41, 5.74) is 1.94. The second-order valence-corrected chi connectivity index (χ2v) is 4.65. The lowest BCUT2D eigenvalue weighted by atomic mass is 10.1. The number of carbonyl (C=O) groups is 2. The van der Waals surface area contributed by atoms with E-state index in [2.05, 4.69) is 10.2 Å². The molecule has 0 unspecified atom stereocenters. The summed E-state index contributed by atoms with van der Waals surface area (Å²) >= 11 is 0. The van der Waals surface area contributed by atoms with E-state index in [9.17, 15) is 9.59 Å². The molecule has 4 heteroatoms. The molecule has 0 saturated heterocycles. The largest absolute Gasteiger partial charge is 0.361 e. The molecule has 1 aliphatic heterocycles. The van der Waals surface area contributed by atoms with Crippen molar-refractivity contribution in [2.45, 2.75) is 26.2 Å². The smallest absolute Gasteiger partial charge is 0.243 e. The van der Waals surface area contributed by atoms with E-state index in [0.717, 1.165) is 30.8 Å². The van der Waals surface area contributed by atoms with Crippen LogP contribution in [0.25, 0.3) is 0 Å². The predicted octanol–water partition coefficient (Wildman–Crippen LogP) is 2.20. The number of nitrogens with one attached hydrogen (secondary N) is 1. The summed E-state index contributed by atoms with van der Waals surface area (Å²) in [6, 6.07) is 7.81. The summed E-state index contributed by atoms with van der Waals surface area (Å²) in [5, 5.41) is 2.86. The molecule has 0 aromatic heterocycles. The zero-order chi connectivity index (χ0) is 13.0. The van der Waals surface area contributed by atoms with Gasteiger partial charge in [0.2, 0.25) is 5.91 Å². The van der Waals surface area contributed by atoms with Crippen LogP contribution in [0.15, 0.2) is 24.3 Å². The molecule has 2 rings (SSSR count). The predicted molar refractivity (Wildman–Crippen MR) is 71.8 cm³/mol. The molecule has 0 radical (unpaired) electrons. The highest BCUT2D eigenvalue weighted by atomic mass is 16.2. The Morgan fingerprint density at radius 1 is 1.33 bits per heavy atom. The van der Waals surface area contributed by atoms with Gasteiger partial charge in [-0.1, -0.05) is 12.1 Å². The molecule has 0 atom stereocenters. The molecule has 0 aliphatic carbocycles. The third kappa shape index (κ3) is 3.09. The van der Waals surface area contributed by atoms with Gasteiger partial charge in [-0.05, 0) is 31.9 Å². The summed E-state index contributed by atoms with van der Waals surface area (Å²) < 4.78 is 0. The van der Waals surface area contributed by atoms with Gasteiger partial charge in [0.1, 0.15) is 5.78 Å². The summed E-state index contributed by atoms with van der Waals surface area (Å²) in [6.07, 6.45) is 2.44. The molecule has 4 nitrogen and oxygen atoms in total. The number of hydrogen-bond donors (Lipinski definition) is 1. The Morgan fingerprint density at radius 3 is 2.89 bits per heavy atom. The van der Waals surface area contributed by atoms with Crippen LogP contribution >= 0.6 is 0 Å². The van der Waals surface area contributed by atoms with Gasteiger partial charge in [-0.3, -0.25) is 4.79 Å². The Hall–Kier alpha value is -1.84. The van der Waals surface area contributed by atoms with Crippen molar-refractivity contribution >= 4 is 23.1 Å². The summed E-state index contributed by atoms with van der Waals surface area (Å²) in [6.45, 7) is 2.83. The fourth-order valence-electron chi connectivity index (χ4n) is 2.18. The minimum Gasteiger partial charge on any atom is -0.361 e. The Kier molecular flexibility index (Phi) is 3.97. The average molecular weight is 246 g/mol. The number of amides is 1. The number of carbonyl (C=O) groups excluding carboxylic acids is 2. The van der Waals surface area contributed by atoms with Crippen LogP contribution < -0.4 is 10.2 Å². The maximum atomic E-state index is 11.6. The first-order chi connectivity index (χ1) is 8.66.